The van der Waals surface area contributed by atoms with Gasteiger partial charge in [0.25, 0.3) is 11.7 Å². The molecule has 148 valence electrons. The van der Waals surface area contributed by atoms with Crippen molar-refractivity contribution in [1.29, 1.82) is 0 Å². The largest absolute Gasteiger partial charge is 0.507 e. The smallest absolute Gasteiger partial charge is 0.295 e. The van der Waals surface area contributed by atoms with Crippen LogP contribution in [-0.4, -0.2) is 68.5 Å². The number of hydrogen-bond donors (Lipinski definition) is 1. The third-order valence-corrected chi connectivity index (χ3v) is 5.04. The van der Waals surface area contributed by atoms with Gasteiger partial charge in [0.05, 0.1) is 22.5 Å². The van der Waals surface area contributed by atoms with E-state index in [0.717, 1.165) is 0 Å². The van der Waals surface area contributed by atoms with Crippen molar-refractivity contribution in [2.75, 3.05) is 27.2 Å². The maximum atomic E-state index is 12.9. The number of aryl methyl sites for hydroxylation is 2. The summed E-state index contributed by atoms with van der Waals surface area (Å²) >= 11 is 0. The number of nitrogens with zero attached hydrogens (tertiary/aromatic N) is 5. The number of amides is 1. The van der Waals surface area contributed by atoms with Crippen molar-refractivity contribution in [1.82, 2.24) is 24.6 Å². The number of likely N-dealkylation sites (N-methyl/N-ethyl adjacent to an activating group) is 1. The van der Waals surface area contributed by atoms with E-state index in [1.165, 1.54) is 4.90 Å². The SMILES string of the molecule is Cc1nn(C)c(C)c1C(O)=C1C(=O)C(=O)N(CCN(C)C)C1c1ccccn1. The lowest BCUT2D eigenvalue weighted by molar-refractivity contribution is -0.140. The molecule has 0 spiro atoms. The summed E-state index contributed by atoms with van der Waals surface area (Å²) in [5, 5.41) is 15.4. The summed E-state index contributed by atoms with van der Waals surface area (Å²) < 4.78 is 1.64. The van der Waals surface area contributed by atoms with Gasteiger partial charge in [0.15, 0.2) is 0 Å². The van der Waals surface area contributed by atoms with Crippen LogP contribution in [0.15, 0.2) is 30.0 Å². The van der Waals surface area contributed by atoms with Crippen LogP contribution in [0, 0.1) is 13.8 Å². The van der Waals surface area contributed by atoms with E-state index in [9.17, 15) is 14.7 Å². The second-order valence-corrected chi connectivity index (χ2v) is 7.22. The molecule has 1 atom stereocenters. The van der Waals surface area contributed by atoms with Crippen LogP contribution in [-0.2, 0) is 16.6 Å². The minimum absolute atomic E-state index is 0.0571. The number of pyridine rings is 1. The number of aliphatic hydroxyl groups is 1. The number of hydrogen-bond acceptors (Lipinski definition) is 6. The molecule has 1 unspecified atom stereocenters. The molecule has 0 radical (unpaired) electrons. The molecule has 28 heavy (non-hydrogen) atoms. The Labute approximate surface area is 164 Å². The van der Waals surface area contributed by atoms with Gasteiger partial charge in [-0.25, -0.2) is 0 Å². The van der Waals surface area contributed by atoms with E-state index in [4.69, 9.17) is 0 Å². The number of aromatic nitrogens is 3. The molecule has 0 aromatic carbocycles. The molecule has 1 aliphatic rings. The highest BCUT2D eigenvalue weighted by Gasteiger charge is 2.47. The first kappa shape index (κ1) is 19.8. The quantitative estimate of drug-likeness (QED) is 0.477. The lowest BCUT2D eigenvalue weighted by Gasteiger charge is -2.25. The van der Waals surface area contributed by atoms with Gasteiger partial charge >= 0.3 is 0 Å². The molecule has 0 bridgehead atoms. The predicted molar refractivity (Wildman–Crippen MR) is 104 cm³/mol. The van der Waals surface area contributed by atoms with E-state index < -0.39 is 17.7 Å². The lowest BCUT2D eigenvalue weighted by atomic mass is 9.97. The van der Waals surface area contributed by atoms with Crippen molar-refractivity contribution in [3.63, 3.8) is 0 Å². The van der Waals surface area contributed by atoms with E-state index in [0.29, 0.717) is 35.7 Å². The van der Waals surface area contributed by atoms with Crippen molar-refractivity contribution in [2.24, 2.45) is 7.05 Å². The van der Waals surface area contributed by atoms with E-state index in [2.05, 4.69) is 10.1 Å². The minimum atomic E-state index is -0.736. The molecule has 1 aliphatic heterocycles. The van der Waals surface area contributed by atoms with Crippen LogP contribution in [0.5, 0.6) is 0 Å². The summed E-state index contributed by atoms with van der Waals surface area (Å²) in [6.45, 7) is 4.51. The first-order chi connectivity index (χ1) is 13.2. The minimum Gasteiger partial charge on any atom is -0.507 e. The molecule has 0 saturated carbocycles. The fourth-order valence-electron chi connectivity index (χ4n) is 3.51. The Kier molecular flexibility index (Phi) is 5.33. The average Bonchev–Trinajstić information content (AvgIpc) is 3.06. The molecule has 8 heteroatoms. The second kappa shape index (κ2) is 7.55. The van der Waals surface area contributed by atoms with Crippen molar-refractivity contribution >= 4 is 17.4 Å². The Hall–Kier alpha value is -3.00. The van der Waals surface area contributed by atoms with Gasteiger partial charge in [0, 0.05) is 32.0 Å². The normalized spacial score (nSPS) is 19.1. The number of ketones is 1. The number of Topliss-reactive ketones (excluding diaryl/α,β-unsaturated/α-hetero) is 1. The van der Waals surface area contributed by atoms with E-state index in [1.807, 2.05) is 25.9 Å². The highest BCUT2D eigenvalue weighted by atomic mass is 16.3. The van der Waals surface area contributed by atoms with Gasteiger partial charge in [-0.05, 0) is 40.1 Å². The lowest BCUT2D eigenvalue weighted by Crippen LogP contribution is -2.35. The highest BCUT2D eigenvalue weighted by molar-refractivity contribution is 6.46. The predicted octanol–water partition coefficient (Wildman–Crippen LogP) is 1.42. The van der Waals surface area contributed by atoms with Crippen molar-refractivity contribution < 1.29 is 14.7 Å². The Morgan fingerprint density at radius 3 is 2.50 bits per heavy atom. The zero-order valence-corrected chi connectivity index (χ0v) is 16.8. The second-order valence-electron chi connectivity index (χ2n) is 7.22. The summed E-state index contributed by atoms with van der Waals surface area (Å²) in [6.07, 6.45) is 1.61. The van der Waals surface area contributed by atoms with E-state index in [-0.39, 0.29) is 11.3 Å². The summed E-state index contributed by atoms with van der Waals surface area (Å²) in [5.41, 5.74) is 2.39. The summed E-state index contributed by atoms with van der Waals surface area (Å²) in [5.74, 6) is -1.53. The topological polar surface area (TPSA) is 91.6 Å². The zero-order chi connectivity index (χ0) is 20.6. The van der Waals surface area contributed by atoms with Gasteiger partial charge in [-0.15, -0.1) is 0 Å². The maximum absolute atomic E-state index is 12.9. The van der Waals surface area contributed by atoms with Crippen LogP contribution in [0.25, 0.3) is 5.76 Å². The third kappa shape index (κ3) is 3.31. The zero-order valence-electron chi connectivity index (χ0n) is 16.8. The molecule has 2 aromatic rings. The Morgan fingerprint density at radius 1 is 1.25 bits per heavy atom. The number of carbonyl (C=O) groups is 2. The highest BCUT2D eigenvalue weighted by Crippen LogP contribution is 2.39. The van der Waals surface area contributed by atoms with Crippen molar-refractivity contribution in [2.45, 2.75) is 19.9 Å². The number of aliphatic hydroxyl groups excluding tert-OH is 1. The molecular weight excluding hydrogens is 358 g/mol. The van der Waals surface area contributed by atoms with Crippen LogP contribution < -0.4 is 0 Å². The summed E-state index contributed by atoms with van der Waals surface area (Å²) in [4.78, 5) is 33.5. The Bertz CT molecular complexity index is 946. The monoisotopic (exact) mass is 383 g/mol. The van der Waals surface area contributed by atoms with E-state index >= 15 is 0 Å². The van der Waals surface area contributed by atoms with Crippen molar-refractivity contribution in [3.05, 3.63) is 52.6 Å². The molecule has 1 N–H and O–H groups in total. The molecule has 0 aliphatic carbocycles. The first-order valence-electron chi connectivity index (χ1n) is 9.08. The van der Waals surface area contributed by atoms with Gasteiger partial charge in [0.2, 0.25) is 0 Å². The van der Waals surface area contributed by atoms with Gasteiger partial charge in [-0.2, -0.15) is 5.10 Å². The van der Waals surface area contributed by atoms with Crippen LogP contribution in [0.4, 0.5) is 0 Å². The van der Waals surface area contributed by atoms with Gasteiger partial charge < -0.3 is 14.9 Å². The standard InChI is InChI=1S/C20H25N5O3/c1-12-15(13(2)24(5)22-12)18(26)16-17(14-8-6-7-9-21-14)25(11-10-23(3)4)20(28)19(16)27/h6-9,17,26H,10-11H2,1-5H3. The van der Waals surface area contributed by atoms with Gasteiger partial charge in [-0.1, -0.05) is 6.07 Å². The average molecular weight is 383 g/mol. The molecule has 3 heterocycles. The van der Waals surface area contributed by atoms with Crippen LogP contribution in [0.2, 0.25) is 0 Å². The molecule has 1 saturated heterocycles. The Balaban J connectivity index is 2.19. The number of rotatable bonds is 5. The number of carbonyl (C=O) groups excluding carboxylic acids is 2. The van der Waals surface area contributed by atoms with E-state index in [1.54, 1.807) is 43.0 Å². The van der Waals surface area contributed by atoms with Gasteiger partial charge in [-0.3, -0.25) is 19.3 Å². The first-order valence-corrected chi connectivity index (χ1v) is 9.08. The molecule has 1 fully saturated rings. The fraction of sp³-hybridized carbons (Fsp3) is 0.400. The fourth-order valence-corrected chi connectivity index (χ4v) is 3.51. The van der Waals surface area contributed by atoms with Crippen molar-refractivity contribution in [3.8, 4) is 0 Å². The Morgan fingerprint density at radius 2 is 1.96 bits per heavy atom. The van der Waals surface area contributed by atoms with Crippen LogP contribution in [0.1, 0.15) is 28.7 Å². The maximum Gasteiger partial charge on any atom is 0.295 e. The van der Waals surface area contributed by atoms with Crippen LogP contribution >= 0.6 is 0 Å². The summed E-state index contributed by atoms with van der Waals surface area (Å²) in [7, 11) is 5.56. The molecule has 1 amide bonds. The molecular formula is C20H25N5O3. The van der Waals surface area contributed by atoms with Gasteiger partial charge in [0.1, 0.15) is 11.8 Å². The van der Waals surface area contributed by atoms with Crippen LogP contribution in [0.3, 0.4) is 0 Å². The molecule has 2 aromatic heterocycles. The number of likely N-dealkylation sites (tertiary alicyclic amines) is 1. The summed E-state index contributed by atoms with van der Waals surface area (Å²) in [6, 6.07) is 4.59. The third-order valence-electron chi connectivity index (χ3n) is 5.04. The molecule has 3 rings (SSSR count). The molecule has 8 nitrogen and oxygen atoms in total.